The average Bonchev–Trinajstić information content (AvgIpc) is 2.63. The van der Waals surface area contributed by atoms with E-state index in [-0.39, 0.29) is 5.91 Å². The molecule has 2 aromatic rings. The first kappa shape index (κ1) is 19.8. The predicted octanol–water partition coefficient (Wildman–Crippen LogP) is 3.67. The van der Waals surface area contributed by atoms with Crippen LogP contribution in [0.3, 0.4) is 0 Å². The molecule has 0 atom stereocenters. The second kappa shape index (κ2) is 8.72. The highest BCUT2D eigenvalue weighted by Crippen LogP contribution is 2.24. The maximum Gasteiger partial charge on any atom is 0.239 e. The van der Waals surface area contributed by atoms with E-state index in [9.17, 15) is 9.59 Å². The number of ether oxygens (including phenoxy) is 1. The average molecular weight is 375 g/mol. The molecule has 0 spiro atoms. The van der Waals surface area contributed by atoms with Crippen molar-refractivity contribution in [3.8, 4) is 5.75 Å². The summed E-state index contributed by atoms with van der Waals surface area (Å²) in [7, 11) is 1.61. The van der Waals surface area contributed by atoms with Gasteiger partial charge in [0.05, 0.1) is 17.8 Å². The van der Waals surface area contributed by atoms with E-state index in [1.54, 1.807) is 45.2 Å². The standard InChI is InChI=1S/C20H23ClN2O3/c1-20(2,19(25)23-17-10-5-4-9-16(17)21)18(24)22-12-11-14-7-6-8-15(13-14)26-3/h4-10,13H,11-12H2,1-3H3,(H,22,24)(H,23,25). The number of hydrogen-bond acceptors (Lipinski definition) is 3. The number of benzene rings is 2. The molecule has 0 aliphatic heterocycles. The second-order valence-electron chi connectivity index (χ2n) is 6.42. The molecule has 0 radical (unpaired) electrons. The van der Waals surface area contributed by atoms with E-state index < -0.39 is 11.3 Å². The Balaban J connectivity index is 1.92. The van der Waals surface area contributed by atoms with Crippen molar-refractivity contribution in [1.82, 2.24) is 5.32 Å². The number of hydrogen-bond donors (Lipinski definition) is 2. The molecule has 0 bridgehead atoms. The van der Waals surface area contributed by atoms with Crippen LogP contribution in [0.25, 0.3) is 0 Å². The van der Waals surface area contributed by atoms with E-state index in [4.69, 9.17) is 16.3 Å². The van der Waals surface area contributed by atoms with Gasteiger partial charge in [-0.1, -0.05) is 35.9 Å². The minimum atomic E-state index is -1.23. The van der Waals surface area contributed by atoms with Crippen LogP contribution >= 0.6 is 11.6 Å². The van der Waals surface area contributed by atoms with Crippen LogP contribution in [0, 0.1) is 5.41 Å². The Kier molecular flexibility index (Phi) is 6.64. The lowest BCUT2D eigenvalue weighted by molar-refractivity contribution is -0.138. The molecule has 2 rings (SSSR count). The van der Waals surface area contributed by atoms with E-state index in [0.29, 0.717) is 23.7 Å². The Hall–Kier alpha value is -2.53. The van der Waals surface area contributed by atoms with Gasteiger partial charge in [-0.2, -0.15) is 0 Å². The number of amides is 2. The third-order valence-corrected chi connectivity index (χ3v) is 4.42. The topological polar surface area (TPSA) is 67.4 Å². The van der Waals surface area contributed by atoms with E-state index in [2.05, 4.69) is 10.6 Å². The maximum absolute atomic E-state index is 12.5. The van der Waals surface area contributed by atoms with Gasteiger partial charge in [-0.05, 0) is 50.1 Å². The molecular weight excluding hydrogens is 352 g/mol. The van der Waals surface area contributed by atoms with Crippen LogP contribution in [0.1, 0.15) is 19.4 Å². The molecule has 0 aliphatic rings. The molecule has 0 unspecified atom stereocenters. The van der Waals surface area contributed by atoms with Crippen molar-refractivity contribution >= 4 is 29.1 Å². The van der Waals surface area contributed by atoms with Gasteiger partial charge in [0.2, 0.25) is 11.8 Å². The molecule has 138 valence electrons. The molecule has 6 heteroatoms. The SMILES string of the molecule is COc1cccc(CCNC(=O)C(C)(C)C(=O)Nc2ccccc2Cl)c1. The fraction of sp³-hybridized carbons (Fsp3) is 0.300. The maximum atomic E-state index is 12.5. The summed E-state index contributed by atoms with van der Waals surface area (Å²) in [5.41, 5.74) is 0.299. The van der Waals surface area contributed by atoms with Crippen molar-refractivity contribution in [3.63, 3.8) is 0 Å². The Bertz CT molecular complexity index is 790. The van der Waals surface area contributed by atoms with Gasteiger partial charge in [-0.15, -0.1) is 0 Å². The van der Waals surface area contributed by atoms with Gasteiger partial charge >= 0.3 is 0 Å². The summed E-state index contributed by atoms with van der Waals surface area (Å²) in [5.74, 6) is 0.0164. The first-order chi connectivity index (χ1) is 12.3. The summed E-state index contributed by atoms with van der Waals surface area (Å²) >= 11 is 6.05. The van der Waals surface area contributed by atoms with Gasteiger partial charge in [-0.25, -0.2) is 0 Å². The van der Waals surface area contributed by atoms with Crippen molar-refractivity contribution in [1.29, 1.82) is 0 Å². The van der Waals surface area contributed by atoms with Crippen LogP contribution in [-0.4, -0.2) is 25.5 Å². The quantitative estimate of drug-likeness (QED) is 0.726. The lowest BCUT2D eigenvalue weighted by Crippen LogP contribution is -2.45. The van der Waals surface area contributed by atoms with Gasteiger partial charge in [-0.3, -0.25) is 9.59 Å². The highest BCUT2D eigenvalue weighted by Gasteiger charge is 2.36. The number of methoxy groups -OCH3 is 1. The Morgan fingerprint density at radius 2 is 1.81 bits per heavy atom. The number of carbonyl (C=O) groups excluding carboxylic acids is 2. The summed E-state index contributed by atoms with van der Waals surface area (Å²) in [6.45, 7) is 3.59. The van der Waals surface area contributed by atoms with Crippen molar-refractivity contribution in [2.24, 2.45) is 5.41 Å². The number of nitrogens with one attached hydrogen (secondary N) is 2. The number of halogens is 1. The summed E-state index contributed by atoms with van der Waals surface area (Å²) in [4.78, 5) is 25.0. The molecule has 26 heavy (non-hydrogen) atoms. The van der Waals surface area contributed by atoms with Gasteiger partial charge in [0, 0.05) is 6.54 Å². The van der Waals surface area contributed by atoms with Crippen molar-refractivity contribution in [2.75, 3.05) is 19.0 Å². The van der Waals surface area contributed by atoms with Crippen LogP contribution in [0.2, 0.25) is 5.02 Å². The zero-order valence-corrected chi connectivity index (χ0v) is 15.9. The lowest BCUT2D eigenvalue weighted by atomic mass is 9.91. The number of carbonyl (C=O) groups is 2. The van der Waals surface area contributed by atoms with Crippen molar-refractivity contribution < 1.29 is 14.3 Å². The number of rotatable bonds is 7. The minimum absolute atomic E-state index is 0.343. The Morgan fingerprint density at radius 3 is 2.50 bits per heavy atom. The third-order valence-electron chi connectivity index (χ3n) is 4.09. The number of para-hydroxylation sites is 1. The zero-order chi connectivity index (χ0) is 19.2. The summed E-state index contributed by atoms with van der Waals surface area (Å²) < 4.78 is 5.18. The molecule has 0 fully saturated rings. The van der Waals surface area contributed by atoms with Crippen LogP contribution in [0.4, 0.5) is 5.69 Å². The molecule has 0 aromatic heterocycles. The van der Waals surface area contributed by atoms with Crippen LogP contribution in [-0.2, 0) is 16.0 Å². The van der Waals surface area contributed by atoms with E-state index in [1.807, 2.05) is 24.3 Å². The summed E-state index contributed by atoms with van der Waals surface area (Å²) in [5, 5.41) is 5.95. The normalized spacial score (nSPS) is 10.9. The highest BCUT2D eigenvalue weighted by atomic mass is 35.5. The van der Waals surface area contributed by atoms with Crippen LogP contribution < -0.4 is 15.4 Å². The van der Waals surface area contributed by atoms with E-state index in [1.165, 1.54) is 0 Å². The summed E-state index contributed by atoms with van der Waals surface area (Å²) in [6, 6.07) is 14.6. The lowest BCUT2D eigenvalue weighted by Gasteiger charge is -2.23. The van der Waals surface area contributed by atoms with E-state index >= 15 is 0 Å². The smallest absolute Gasteiger partial charge is 0.239 e. The molecule has 5 nitrogen and oxygen atoms in total. The molecule has 0 saturated carbocycles. The van der Waals surface area contributed by atoms with Gasteiger partial charge < -0.3 is 15.4 Å². The largest absolute Gasteiger partial charge is 0.497 e. The monoisotopic (exact) mass is 374 g/mol. The van der Waals surface area contributed by atoms with Gasteiger partial charge in [0.1, 0.15) is 11.2 Å². The predicted molar refractivity (Wildman–Crippen MR) is 104 cm³/mol. The molecule has 0 heterocycles. The molecular formula is C20H23ClN2O3. The van der Waals surface area contributed by atoms with Crippen LogP contribution in [0.5, 0.6) is 5.75 Å². The Labute approximate surface area is 158 Å². The third kappa shape index (κ3) is 4.99. The van der Waals surface area contributed by atoms with Gasteiger partial charge in [0.15, 0.2) is 0 Å². The van der Waals surface area contributed by atoms with Crippen molar-refractivity contribution in [3.05, 3.63) is 59.1 Å². The van der Waals surface area contributed by atoms with Crippen LogP contribution in [0.15, 0.2) is 48.5 Å². The first-order valence-corrected chi connectivity index (χ1v) is 8.69. The highest BCUT2D eigenvalue weighted by molar-refractivity contribution is 6.33. The fourth-order valence-corrected chi connectivity index (χ4v) is 2.50. The molecule has 2 aromatic carbocycles. The number of anilines is 1. The Morgan fingerprint density at radius 1 is 1.08 bits per heavy atom. The second-order valence-corrected chi connectivity index (χ2v) is 6.82. The first-order valence-electron chi connectivity index (χ1n) is 8.32. The minimum Gasteiger partial charge on any atom is -0.497 e. The van der Waals surface area contributed by atoms with Gasteiger partial charge in [0.25, 0.3) is 0 Å². The summed E-state index contributed by atoms with van der Waals surface area (Å²) in [6.07, 6.45) is 0.644. The molecule has 2 amide bonds. The molecule has 2 N–H and O–H groups in total. The molecule has 0 saturated heterocycles. The zero-order valence-electron chi connectivity index (χ0n) is 15.1. The van der Waals surface area contributed by atoms with E-state index in [0.717, 1.165) is 11.3 Å². The van der Waals surface area contributed by atoms with Crippen molar-refractivity contribution in [2.45, 2.75) is 20.3 Å². The fourth-order valence-electron chi connectivity index (χ4n) is 2.31. The molecule has 0 aliphatic carbocycles.